The van der Waals surface area contributed by atoms with Crippen molar-refractivity contribution < 1.29 is 4.52 Å². The summed E-state index contributed by atoms with van der Waals surface area (Å²) in [5.74, 6) is 1.22. The number of hydrogen-bond acceptors (Lipinski definition) is 3. The Labute approximate surface area is 115 Å². The fourth-order valence-corrected chi connectivity index (χ4v) is 3.15. The number of aromatic nitrogens is 1. The Bertz CT molecular complexity index is 373. The van der Waals surface area contributed by atoms with Gasteiger partial charge in [0.05, 0.1) is 5.69 Å². The van der Waals surface area contributed by atoms with Gasteiger partial charge in [-0.2, -0.15) is 0 Å². The van der Waals surface area contributed by atoms with Crippen molar-refractivity contribution in [2.24, 2.45) is 0 Å². The highest BCUT2D eigenvalue weighted by Gasteiger charge is 2.44. The third kappa shape index (κ3) is 2.20. The van der Waals surface area contributed by atoms with Crippen LogP contribution in [0.5, 0.6) is 0 Å². The molecule has 0 atom stereocenters. The lowest BCUT2D eigenvalue weighted by Crippen LogP contribution is -2.38. The highest BCUT2D eigenvalue weighted by molar-refractivity contribution is 5.85. The maximum absolute atomic E-state index is 5.61. The molecule has 1 spiro atoms. The van der Waals surface area contributed by atoms with Crippen molar-refractivity contribution in [3.63, 3.8) is 0 Å². The first-order chi connectivity index (χ1) is 7.36. The monoisotopic (exact) mass is 278 g/mol. The molecule has 2 aliphatic rings. The lowest BCUT2D eigenvalue weighted by atomic mass is 9.77. The second-order valence-corrected chi connectivity index (χ2v) is 4.82. The molecule has 1 aromatic heterocycles. The summed E-state index contributed by atoms with van der Waals surface area (Å²) in [5, 5.41) is 7.64. The van der Waals surface area contributed by atoms with Crippen LogP contribution in [-0.4, -0.2) is 18.2 Å². The zero-order chi connectivity index (χ0) is 10.3. The molecule has 0 unspecified atom stereocenters. The predicted molar refractivity (Wildman–Crippen MR) is 72.5 cm³/mol. The van der Waals surface area contributed by atoms with Crippen LogP contribution in [0.25, 0.3) is 0 Å². The van der Waals surface area contributed by atoms with Gasteiger partial charge >= 0.3 is 0 Å². The van der Waals surface area contributed by atoms with Gasteiger partial charge in [-0.15, -0.1) is 24.8 Å². The quantitative estimate of drug-likeness (QED) is 0.858. The maximum atomic E-state index is 5.61. The molecule has 0 amide bonds. The summed E-state index contributed by atoms with van der Waals surface area (Å²) in [7, 11) is 0. The van der Waals surface area contributed by atoms with E-state index in [2.05, 4.69) is 17.4 Å². The molecule has 5 heteroatoms. The average Bonchev–Trinajstić information content (AvgIpc) is 2.83. The first-order valence-corrected chi connectivity index (χ1v) is 6.04. The highest BCUT2D eigenvalue weighted by Crippen LogP contribution is 2.46. The van der Waals surface area contributed by atoms with E-state index in [1.807, 2.05) is 0 Å². The number of hydrogen-bond donors (Lipinski definition) is 1. The van der Waals surface area contributed by atoms with Gasteiger partial charge in [-0.3, -0.25) is 0 Å². The first-order valence-electron chi connectivity index (χ1n) is 6.04. The van der Waals surface area contributed by atoms with Gasteiger partial charge in [0.2, 0.25) is 0 Å². The number of nitrogens with one attached hydrogen (secondary N) is 1. The van der Waals surface area contributed by atoms with E-state index < -0.39 is 0 Å². The highest BCUT2D eigenvalue weighted by atomic mass is 35.5. The Kier molecular flexibility index (Phi) is 4.87. The van der Waals surface area contributed by atoms with Crippen LogP contribution in [0.1, 0.15) is 43.2 Å². The summed E-state index contributed by atoms with van der Waals surface area (Å²) in [6, 6.07) is 0. The molecule has 0 bridgehead atoms. The molecule has 1 saturated heterocycles. The molecule has 98 valence electrons. The second kappa shape index (κ2) is 5.59. The van der Waals surface area contributed by atoms with Gasteiger partial charge in [-0.25, -0.2) is 0 Å². The average molecular weight is 279 g/mol. The van der Waals surface area contributed by atoms with Gasteiger partial charge < -0.3 is 9.84 Å². The number of halogens is 2. The maximum Gasteiger partial charge on any atom is 0.146 e. The van der Waals surface area contributed by atoms with Crippen LogP contribution in [-0.2, 0) is 18.3 Å². The van der Waals surface area contributed by atoms with E-state index in [4.69, 9.17) is 4.52 Å². The lowest BCUT2D eigenvalue weighted by molar-refractivity contribution is 0.233. The van der Waals surface area contributed by atoms with Crippen molar-refractivity contribution >= 4 is 24.8 Å². The predicted octanol–water partition coefficient (Wildman–Crippen LogP) is 2.65. The summed E-state index contributed by atoms with van der Waals surface area (Å²) in [6.45, 7) is 4.41. The van der Waals surface area contributed by atoms with Gasteiger partial charge in [-0.05, 0) is 45.2 Å². The summed E-state index contributed by atoms with van der Waals surface area (Å²) in [4.78, 5) is 0. The molecule has 1 aliphatic carbocycles. The van der Waals surface area contributed by atoms with Crippen LogP contribution in [0.4, 0.5) is 0 Å². The number of piperidine rings is 1. The minimum atomic E-state index is 0. The zero-order valence-electron chi connectivity index (χ0n) is 10.1. The van der Waals surface area contributed by atoms with Crippen molar-refractivity contribution in [3.05, 3.63) is 17.0 Å². The van der Waals surface area contributed by atoms with Crippen molar-refractivity contribution in [2.75, 3.05) is 13.1 Å². The van der Waals surface area contributed by atoms with Gasteiger partial charge in [0.25, 0.3) is 0 Å². The Morgan fingerprint density at radius 1 is 1.24 bits per heavy atom. The first kappa shape index (κ1) is 14.8. The molecule has 1 aliphatic heterocycles. The van der Waals surface area contributed by atoms with Crippen LogP contribution in [0.15, 0.2) is 4.52 Å². The topological polar surface area (TPSA) is 38.1 Å². The Balaban J connectivity index is 0.000000722. The molecule has 1 N–H and O–H groups in total. The summed E-state index contributed by atoms with van der Waals surface area (Å²) < 4.78 is 5.61. The smallest absolute Gasteiger partial charge is 0.146 e. The molecular weight excluding hydrogens is 259 g/mol. The molecule has 3 rings (SSSR count). The Hall–Kier alpha value is -0.250. The summed E-state index contributed by atoms with van der Waals surface area (Å²) >= 11 is 0. The molecule has 0 radical (unpaired) electrons. The zero-order valence-corrected chi connectivity index (χ0v) is 11.8. The molecule has 2 heterocycles. The normalized spacial score (nSPS) is 20.5. The van der Waals surface area contributed by atoms with Crippen LogP contribution >= 0.6 is 24.8 Å². The van der Waals surface area contributed by atoms with Crippen molar-refractivity contribution in [2.45, 2.75) is 44.4 Å². The van der Waals surface area contributed by atoms with E-state index in [1.54, 1.807) is 0 Å². The van der Waals surface area contributed by atoms with E-state index in [-0.39, 0.29) is 24.8 Å². The summed E-state index contributed by atoms with van der Waals surface area (Å²) in [6.07, 6.45) is 5.91. The second-order valence-electron chi connectivity index (χ2n) is 4.82. The Morgan fingerprint density at radius 3 is 2.59 bits per heavy atom. The Morgan fingerprint density at radius 2 is 1.94 bits per heavy atom. The molecule has 0 saturated carbocycles. The summed E-state index contributed by atoms with van der Waals surface area (Å²) in [5.41, 5.74) is 2.96. The fourth-order valence-electron chi connectivity index (χ4n) is 3.15. The van der Waals surface area contributed by atoms with Crippen LogP contribution < -0.4 is 5.32 Å². The fraction of sp³-hybridized carbons (Fsp3) is 0.750. The molecule has 1 aromatic rings. The third-order valence-corrected chi connectivity index (χ3v) is 4.10. The lowest BCUT2D eigenvalue weighted by Gasteiger charge is -2.32. The van der Waals surface area contributed by atoms with E-state index >= 15 is 0 Å². The van der Waals surface area contributed by atoms with Gasteiger partial charge in [-0.1, -0.05) is 12.1 Å². The SMILES string of the molecule is CCc1noc2c1CCC21CCNCC1.Cl.Cl. The van der Waals surface area contributed by atoms with E-state index in [9.17, 15) is 0 Å². The molecule has 0 aromatic carbocycles. The minimum absolute atomic E-state index is 0. The molecular formula is C12H20Cl2N2O. The van der Waals surface area contributed by atoms with Crippen molar-refractivity contribution in [1.82, 2.24) is 10.5 Å². The van der Waals surface area contributed by atoms with E-state index in [0.29, 0.717) is 5.41 Å². The van der Waals surface area contributed by atoms with E-state index in [0.717, 1.165) is 19.5 Å². The number of fused-ring (bicyclic) bond motifs is 2. The van der Waals surface area contributed by atoms with E-state index in [1.165, 1.54) is 42.7 Å². The largest absolute Gasteiger partial charge is 0.360 e. The molecule has 17 heavy (non-hydrogen) atoms. The van der Waals surface area contributed by atoms with Crippen LogP contribution in [0.2, 0.25) is 0 Å². The molecule has 3 nitrogen and oxygen atoms in total. The standard InChI is InChI=1S/C12H18N2O.2ClH/c1-2-10-9-3-4-12(11(9)15-14-10)5-7-13-8-6-12;;/h13H,2-8H2,1H3;2*1H. The van der Waals surface area contributed by atoms with Gasteiger partial charge in [0.15, 0.2) is 0 Å². The minimum Gasteiger partial charge on any atom is -0.360 e. The van der Waals surface area contributed by atoms with Crippen LogP contribution in [0.3, 0.4) is 0 Å². The number of nitrogens with zero attached hydrogens (tertiary/aromatic N) is 1. The van der Waals surface area contributed by atoms with Crippen LogP contribution in [0, 0.1) is 0 Å². The number of rotatable bonds is 1. The van der Waals surface area contributed by atoms with Gasteiger partial charge in [0.1, 0.15) is 5.76 Å². The van der Waals surface area contributed by atoms with Gasteiger partial charge in [0, 0.05) is 11.0 Å². The van der Waals surface area contributed by atoms with Crippen molar-refractivity contribution in [1.29, 1.82) is 0 Å². The molecule has 1 fully saturated rings. The number of aryl methyl sites for hydroxylation is 1. The van der Waals surface area contributed by atoms with Crippen molar-refractivity contribution in [3.8, 4) is 0 Å². The third-order valence-electron chi connectivity index (χ3n) is 4.10.